The monoisotopic (exact) mass is 128 g/mol. The molecule has 0 bridgehead atoms. The first-order valence-electron chi connectivity index (χ1n) is 2.04. The summed E-state index contributed by atoms with van der Waals surface area (Å²) in [4.78, 5) is 9.60. The fraction of sp³-hybridized carbons (Fsp3) is 0.200. The lowest BCUT2D eigenvalue weighted by molar-refractivity contribution is -0.132. The Balaban J connectivity index is 0. The molecule has 0 aliphatic carbocycles. The van der Waals surface area contributed by atoms with Gasteiger partial charge < -0.3 is 10.8 Å². The van der Waals surface area contributed by atoms with Crippen LogP contribution < -0.4 is 5.73 Å². The van der Waals surface area contributed by atoms with Crippen LogP contribution >= 0.6 is 0 Å². The van der Waals surface area contributed by atoms with Crippen LogP contribution in [0.3, 0.4) is 0 Å². The average molecular weight is 128 g/mol. The van der Waals surface area contributed by atoms with Gasteiger partial charge >= 0.3 is 5.97 Å². The van der Waals surface area contributed by atoms with Crippen molar-refractivity contribution in [3.8, 4) is 6.19 Å². The second kappa shape index (κ2) is 6.50. The van der Waals surface area contributed by atoms with Crippen molar-refractivity contribution in [2.75, 3.05) is 0 Å². The number of nitrogens with zero attached hydrogens (tertiary/aromatic N) is 1. The fourth-order valence-corrected chi connectivity index (χ4v) is 0. The van der Waals surface area contributed by atoms with E-state index in [0.29, 0.717) is 0 Å². The first kappa shape index (κ1) is 10.5. The summed E-state index contributed by atoms with van der Waals surface area (Å²) >= 11 is 0. The summed E-state index contributed by atoms with van der Waals surface area (Å²) < 4.78 is 0. The predicted octanol–water partition coefficient (Wildman–Crippen LogP) is 0.0733. The molecule has 0 atom stereocenters. The van der Waals surface area contributed by atoms with Crippen molar-refractivity contribution in [3.63, 3.8) is 0 Å². The fourth-order valence-electron chi connectivity index (χ4n) is 0. The summed E-state index contributed by atoms with van der Waals surface area (Å²) in [6.07, 6.45) is 1.25. The topological polar surface area (TPSA) is 87.1 Å². The van der Waals surface area contributed by atoms with Gasteiger partial charge in [0.05, 0.1) is 0 Å². The number of rotatable bonds is 1. The number of aliphatic carboxylic acids is 1. The summed E-state index contributed by atoms with van der Waals surface area (Å²) in [5, 5.41) is 15.0. The third-order valence-corrected chi connectivity index (χ3v) is 0.365. The maximum Gasteiger partial charge on any atom is 0.330 e. The van der Waals surface area contributed by atoms with Crippen LogP contribution in [0.15, 0.2) is 12.2 Å². The molecule has 0 rings (SSSR count). The molecule has 0 saturated carbocycles. The van der Waals surface area contributed by atoms with Crippen LogP contribution in [0.25, 0.3) is 0 Å². The minimum Gasteiger partial charge on any atom is -0.478 e. The molecule has 0 amide bonds. The van der Waals surface area contributed by atoms with Gasteiger partial charge in [0.25, 0.3) is 0 Å². The van der Waals surface area contributed by atoms with E-state index < -0.39 is 5.97 Å². The Morgan fingerprint density at radius 1 is 1.89 bits per heavy atom. The lowest BCUT2D eigenvalue weighted by atomic mass is 10.4. The van der Waals surface area contributed by atoms with Crippen LogP contribution in [-0.2, 0) is 4.79 Å². The number of hydrogen-bond acceptors (Lipinski definition) is 3. The Bertz CT molecular complexity index is 134. The second-order valence-electron chi connectivity index (χ2n) is 1.21. The largest absolute Gasteiger partial charge is 0.478 e. The highest BCUT2D eigenvalue weighted by atomic mass is 16.4. The van der Waals surface area contributed by atoms with Crippen molar-refractivity contribution >= 4 is 5.97 Å². The average Bonchev–Trinajstić information content (AvgIpc) is 1.68. The van der Waals surface area contributed by atoms with Crippen LogP contribution in [0, 0.1) is 11.5 Å². The Morgan fingerprint density at radius 3 is 2.00 bits per heavy atom. The highest BCUT2D eigenvalue weighted by Crippen LogP contribution is 1.81. The number of carboxylic acids is 1. The Labute approximate surface area is 53.2 Å². The normalized spacial score (nSPS) is 5.78. The van der Waals surface area contributed by atoms with Gasteiger partial charge in [0.1, 0.15) is 0 Å². The molecule has 3 N–H and O–H groups in total. The zero-order valence-corrected chi connectivity index (χ0v) is 5.09. The molecule has 0 aromatic carbocycles. The molecule has 0 aliphatic rings. The van der Waals surface area contributed by atoms with E-state index in [1.807, 2.05) is 0 Å². The lowest BCUT2D eigenvalue weighted by Crippen LogP contribution is -1.92. The molecule has 4 heteroatoms. The molecule has 50 valence electrons. The van der Waals surface area contributed by atoms with E-state index in [-0.39, 0.29) is 5.57 Å². The summed E-state index contributed by atoms with van der Waals surface area (Å²) in [6.45, 7) is 4.60. The number of hydrogen-bond donors (Lipinski definition) is 2. The lowest BCUT2D eigenvalue weighted by Gasteiger charge is -1.79. The Kier molecular flexibility index (Phi) is 7.57. The van der Waals surface area contributed by atoms with Crippen molar-refractivity contribution in [1.82, 2.24) is 0 Å². The molecule has 0 aromatic heterocycles. The van der Waals surface area contributed by atoms with Crippen LogP contribution in [-0.4, -0.2) is 11.1 Å². The van der Waals surface area contributed by atoms with E-state index in [2.05, 4.69) is 12.3 Å². The van der Waals surface area contributed by atoms with Crippen molar-refractivity contribution in [1.29, 1.82) is 5.26 Å². The molecule has 0 unspecified atom stereocenters. The van der Waals surface area contributed by atoms with Gasteiger partial charge in [-0.1, -0.05) is 6.58 Å². The third kappa shape index (κ3) is 21.1. The predicted molar refractivity (Wildman–Crippen MR) is 32.3 cm³/mol. The SMILES string of the molecule is C=C(C)C(=O)O.N#CN. The number of nitriles is 1. The minimum atomic E-state index is -0.935. The zero-order valence-electron chi connectivity index (χ0n) is 5.09. The van der Waals surface area contributed by atoms with Gasteiger partial charge in [0.2, 0.25) is 0 Å². The Morgan fingerprint density at radius 2 is 2.00 bits per heavy atom. The van der Waals surface area contributed by atoms with E-state index in [4.69, 9.17) is 10.4 Å². The number of carboxylic acid groups (broad SMARTS) is 1. The second-order valence-corrected chi connectivity index (χ2v) is 1.21. The van der Waals surface area contributed by atoms with Crippen molar-refractivity contribution in [3.05, 3.63) is 12.2 Å². The highest BCUT2D eigenvalue weighted by Gasteiger charge is 1.90. The molecule has 0 heterocycles. The van der Waals surface area contributed by atoms with Crippen molar-refractivity contribution < 1.29 is 9.90 Å². The maximum atomic E-state index is 9.60. The third-order valence-electron chi connectivity index (χ3n) is 0.365. The van der Waals surface area contributed by atoms with E-state index in [0.717, 1.165) is 0 Å². The molecule has 0 spiro atoms. The molecular formula is C5H8N2O2. The zero-order chi connectivity index (χ0) is 7.86. The van der Waals surface area contributed by atoms with Gasteiger partial charge in [-0.25, -0.2) is 4.79 Å². The molecule has 0 radical (unpaired) electrons. The van der Waals surface area contributed by atoms with Crippen molar-refractivity contribution in [2.45, 2.75) is 6.92 Å². The van der Waals surface area contributed by atoms with Gasteiger partial charge in [-0.15, -0.1) is 0 Å². The van der Waals surface area contributed by atoms with Crippen LogP contribution in [0.2, 0.25) is 0 Å². The molecular weight excluding hydrogens is 120 g/mol. The van der Waals surface area contributed by atoms with Crippen molar-refractivity contribution in [2.24, 2.45) is 5.73 Å². The van der Waals surface area contributed by atoms with Gasteiger partial charge in [-0.05, 0) is 6.92 Å². The highest BCUT2D eigenvalue weighted by molar-refractivity contribution is 5.84. The molecule has 0 aromatic rings. The van der Waals surface area contributed by atoms with E-state index in [1.165, 1.54) is 13.1 Å². The first-order chi connectivity index (χ1) is 4.06. The summed E-state index contributed by atoms with van der Waals surface area (Å²) in [5.74, 6) is -0.935. The molecule has 0 aliphatic heterocycles. The van der Waals surface area contributed by atoms with Gasteiger partial charge in [-0.3, -0.25) is 0 Å². The Hall–Kier alpha value is -1.50. The molecule has 0 fully saturated rings. The quantitative estimate of drug-likeness (QED) is 0.297. The summed E-state index contributed by atoms with van der Waals surface area (Å²) in [5.41, 5.74) is 4.33. The van der Waals surface area contributed by atoms with Gasteiger partial charge in [-0.2, -0.15) is 5.26 Å². The standard InChI is InChI=1S/C4H6O2.CH2N2/c1-3(2)4(5)6;2-1-3/h1H2,2H3,(H,5,6);2H2. The number of nitrogens with two attached hydrogens (primary N) is 1. The van der Waals surface area contributed by atoms with Crippen LogP contribution in [0.1, 0.15) is 6.92 Å². The molecule has 0 saturated heterocycles. The van der Waals surface area contributed by atoms with Gasteiger partial charge in [0.15, 0.2) is 6.19 Å². The first-order valence-corrected chi connectivity index (χ1v) is 2.04. The van der Waals surface area contributed by atoms with Crippen LogP contribution in [0.4, 0.5) is 0 Å². The summed E-state index contributed by atoms with van der Waals surface area (Å²) in [7, 11) is 0. The van der Waals surface area contributed by atoms with E-state index in [1.54, 1.807) is 0 Å². The number of carbonyl (C=O) groups is 1. The van der Waals surface area contributed by atoms with E-state index in [9.17, 15) is 4.79 Å². The maximum absolute atomic E-state index is 9.60. The molecule has 9 heavy (non-hydrogen) atoms. The summed E-state index contributed by atoms with van der Waals surface area (Å²) in [6, 6.07) is 0. The smallest absolute Gasteiger partial charge is 0.330 e. The van der Waals surface area contributed by atoms with E-state index >= 15 is 0 Å². The minimum absolute atomic E-state index is 0.176. The van der Waals surface area contributed by atoms with Crippen LogP contribution in [0.5, 0.6) is 0 Å². The van der Waals surface area contributed by atoms with Gasteiger partial charge in [0, 0.05) is 5.57 Å². The molecule has 4 nitrogen and oxygen atoms in total.